The molecule has 1 fully saturated rings. The number of aromatic nitrogens is 2. The smallest absolute Gasteiger partial charge is 0.225 e. The molecule has 0 bridgehead atoms. The average Bonchev–Trinajstić information content (AvgIpc) is 2.68. The molecule has 2 aliphatic rings. The first-order chi connectivity index (χ1) is 8.84. The maximum atomic E-state index is 4.85. The van der Waals surface area contributed by atoms with Crippen LogP contribution in [-0.2, 0) is 6.42 Å². The van der Waals surface area contributed by atoms with Crippen LogP contribution in [0.1, 0.15) is 43.4 Å². The van der Waals surface area contributed by atoms with Crippen LogP contribution in [-0.4, -0.2) is 36.1 Å². The predicted molar refractivity (Wildman–Crippen MR) is 73.1 cm³/mol. The van der Waals surface area contributed by atoms with E-state index in [1.165, 1.54) is 30.5 Å². The summed E-state index contributed by atoms with van der Waals surface area (Å²) < 4.78 is 0. The average molecular weight is 246 g/mol. The fraction of sp³-hybridized carbons (Fsp3) is 0.714. The van der Waals surface area contributed by atoms with Crippen molar-refractivity contribution in [3.8, 4) is 0 Å². The van der Waals surface area contributed by atoms with Gasteiger partial charge in [-0.05, 0) is 43.7 Å². The van der Waals surface area contributed by atoms with Crippen LogP contribution < -0.4 is 10.2 Å². The highest BCUT2D eigenvalue weighted by molar-refractivity contribution is 5.35. The molecule has 1 aromatic heterocycles. The summed E-state index contributed by atoms with van der Waals surface area (Å²) in [6.45, 7) is 6.53. The van der Waals surface area contributed by atoms with Crippen LogP contribution in [0, 0.1) is 0 Å². The molecule has 1 aromatic rings. The Kier molecular flexibility index (Phi) is 3.46. The van der Waals surface area contributed by atoms with Gasteiger partial charge in [0.15, 0.2) is 0 Å². The van der Waals surface area contributed by atoms with Gasteiger partial charge in [-0.3, -0.25) is 0 Å². The Labute approximate surface area is 109 Å². The lowest BCUT2D eigenvalue weighted by atomic mass is 9.89. The van der Waals surface area contributed by atoms with E-state index in [4.69, 9.17) is 4.98 Å². The number of aryl methyl sites for hydroxylation is 1. The Hall–Kier alpha value is -1.16. The number of nitrogens with one attached hydrogen (secondary N) is 1. The van der Waals surface area contributed by atoms with Gasteiger partial charge >= 0.3 is 0 Å². The summed E-state index contributed by atoms with van der Waals surface area (Å²) >= 11 is 0. The van der Waals surface area contributed by atoms with Crippen LogP contribution in [0.5, 0.6) is 0 Å². The zero-order valence-corrected chi connectivity index (χ0v) is 11.2. The lowest BCUT2D eigenvalue weighted by Crippen LogP contribution is -2.30. The van der Waals surface area contributed by atoms with Crippen molar-refractivity contribution in [1.82, 2.24) is 15.3 Å². The van der Waals surface area contributed by atoms with Gasteiger partial charge in [-0.1, -0.05) is 6.92 Å². The van der Waals surface area contributed by atoms with Crippen LogP contribution in [0.3, 0.4) is 0 Å². The highest BCUT2D eigenvalue weighted by Crippen LogP contribution is 2.30. The molecule has 0 radical (unpaired) electrons. The third-order valence-electron chi connectivity index (χ3n) is 4.06. The molecule has 18 heavy (non-hydrogen) atoms. The van der Waals surface area contributed by atoms with Crippen molar-refractivity contribution in [2.75, 3.05) is 31.1 Å². The Bertz CT molecular complexity index is 410. The van der Waals surface area contributed by atoms with E-state index in [0.29, 0.717) is 5.92 Å². The molecule has 3 rings (SSSR count). The lowest BCUT2D eigenvalue weighted by Gasteiger charge is -2.25. The number of rotatable bonds is 1. The minimum absolute atomic E-state index is 0.598. The first-order valence-corrected chi connectivity index (χ1v) is 7.16. The van der Waals surface area contributed by atoms with Crippen LogP contribution in [0.15, 0.2) is 6.20 Å². The summed E-state index contributed by atoms with van der Waals surface area (Å²) in [6.07, 6.45) is 6.94. The van der Waals surface area contributed by atoms with Crippen molar-refractivity contribution >= 4 is 5.95 Å². The van der Waals surface area contributed by atoms with E-state index in [1.54, 1.807) is 0 Å². The van der Waals surface area contributed by atoms with Crippen molar-refractivity contribution < 1.29 is 0 Å². The zero-order chi connectivity index (χ0) is 12.4. The summed E-state index contributed by atoms with van der Waals surface area (Å²) in [4.78, 5) is 11.7. The summed E-state index contributed by atoms with van der Waals surface area (Å²) in [6, 6.07) is 0. The predicted octanol–water partition coefficient (Wildman–Crippen LogP) is 1.72. The molecule has 4 heteroatoms. The molecule has 0 aromatic carbocycles. The largest absolute Gasteiger partial charge is 0.339 e. The minimum atomic E-state index is 0.598. The summed E-state index contributed by atoms with van der Waals surface area (Å²) in [7, 11) is 0. The standard InChI is InChI=1S/C14H22N4/c1-11-4-2-5-12-10-16-14(17-13(11)12)18-8-3-6-15-7-9-18/h10-11,15H,2-9H2,1H3. The monoisotopic (exact) mass is 246 g/mol. The second kappa shape index (κ2) is 5.22. The van der Waals surface area contributed by atoms with Crippen LogP contribution in [0.4, 0.5) is 5.95 Å². The molecule has 0 amide bonds. The van der Waals surface area contributed by atoms with Crippen molar-refractivity contribution in [1.29, 1.82) is 0 Å². The lowest BCUT2D eigenvalue weighted by molar-refractivity contribution is 0.568. The quantitative estimate of drug-likeness (QED) is 0.819. The van der Waals surface area contributed by atoms with Crippen LogP contribution >= 0.6 is 0 Å². The Morgan fingerprint density at radius 2 is 2.22 bits per heavy atom. The van der Waals surface area contributed by atoms with Crippen LogP contribution in [0.2, 0.25) is 0 Å². The molecule has 1 aliphatic heterocycles. The van der Waals surface area contributed by atoms with E-state index < -0.39 is 0 Å². The molecular formula is C14H22N4. The third kappa shape index (κ3) is 2.34. The van der Waals surface area contributed by atoms with Gasteiger partial charge < -0.3 is 10.2 Å². The van der Waals surface area contributed by atoms with Gasteiger partial charge in [0.2, 0.25) is 5.95 Å². The van der Waals surface area contributed by atoms with Gasteiger partial charge in [0.1, 0.15) is 0 Å². The second-order valence-corrected chi connectivity index (χ2v) is 5.46. The molecule has 1 saturated heterocycles. The summed E-state index contributed by atoms with van der Waals surface area (Å²) in [5.74, 6) is 1.53. The maximum absolute atomic E-state index is 4.85. The molecular weight excluding hydrogens is 224 g/mol. The topological polar surface area (TPSA) is 41.1 Å². The minimum Gasteiger partial charge on any atom is -0.339 e. The Morgan fingerprint density at radius 1 is 1.28 bits per heavy atom. The number of nitrogens with zero attached hydrogens (tertiary/aromatic N) is 3. The summed E-state index contributed by atoms with van der Waals surface area (Å²) in [5.41, 5.74) is 2.66. The molecule has 1 unspecified atom stereocenters. The fourth-order valence-corrected chi connectivity index (χ4v) is 2.96. The van der Waals surface area contributed by atoms with Crippen LogP contribution in [0.25, 0.3) is 0 Å². The first kappa shape index (κ1) is 11.9. The highest BCUT2D eigenvalue weighted by atomic mass is 15.3. The number of hydrogen-bond acceptors (Lipinski definition) is 4. The number of anilines is 1. The molecule has 1 atom stereocenters. The van der Waals surface area contributed by atoms with Crippen molar-refractivity contribution in [2.45, 2.75) is 38.5 Å². The number of fused-ring (bicyclic) bond motifs is 1. The molecule has 1 aliphatic carbocycles. The van der Waals surface area contributed by atoms with E-state index in [9.17, 15) is 0 Å². The fourth-order valence-electron chi connectivity index (χ4n) is 2.96. The maximum Gasteiger partial charge on any atom is 0.225 e. The van der Waals surface area contributed by atoms with E-state index >= 15 is 0 Å². The molecule has 1 N–H and O–H groups in total. The Balaban J connectivity index is 1.86. The van der Waals surface area contributed by atoms with Gasteiger partial charge in [-0.15, -0.1) is 0 Å². The normalized spacial score (nSPS) is 24.5. The molecule has 4 nitrogen and oxygen atoms in total. The SMILES string of the molecule is CC1CCCc2cnc(N3CCCNCC3)nc21. The molecule has 2 heterocycles. The molecule has 0 saturated carbocycles. The first-order valence-electron chi connectivity index (χ1n) is 7.16. The summed E-state index contributed by atoms with van der Waals surface area (Å²) in [5, 5.41) is 3.42. The highest BCUT2D eigenvalue weighted by Gasteiger charge is 2.20. The number of hydrogen-bond donors (Lipinski definition) is 1. The third-order valence-corrected chi connectivity index (χ3v) is 4.06. The zero-order valence-electron chi connectivity index (χ0n) is 11.2. The molecule has 0 spiro atoms. The van der Waals surface area contributed by atoms with Crippen molar-refractivity contribution in [2.24, 2.45) is 0 Å². The van der Waals surface area contributed by atoms with E-state index in [-0.39, 0.29) is 0 Å². The van der Waals surface area contributed by atoms with Crippen molar-refractivity contribution in [3.63, 3.8) is 0 Å². The van der Waals surface area contributed by atoms with E-state index in [2.05, 4.69) is 28.3 Å². The van der Waals surface area contributed by atoms with Gasteiger partial charge in [-0.2, -0.15) is 0 Å². The van der Waals surface area contributed by atoms with Gasteiger partial charge in [-0.25, -0.2) is 9.97 Å². The Morgan fingerprint density at radius 3 is 3.17 bits per heavy atom. The van der Waals surface area contributed by atoms with Crippen molar-refractivity contribution in [3.05, 3.63) is 17.5 Å². The van der Waals surface area contributed by atoms with Gasteiger partial charge in [0.05, 0.1) is 5.69 Å². The second-order valence-electron chi connectivity index (χ2n) is 5.46. The molecule has 98 valence electrons. The van der Waals surface area contributed by atoms with Gasteiger partial charge in [0.25, 0.3) is 0 Å². The van der Waals surface area contributed by atoms with Gasteiger partial charge in [0, 0.05) is 25.8 Å². The van der Waals surface area contributed by atoms with E-state index in [1.807, 2.05) is 0 Å². The van der Waals surface area contributed by atoms with E-state index in [0.717, 1.165) is 38.5 Å².